The number of nitrogens with zero attached hydrogens (tertiary/aromatic N) is 6. The highest BCUT2D eigenvalue weighted by atomic mass is 127. The Morgan fingerprint density at radius 3 is 1.93 bits per heavy atom. The third kappa shape index (κ3) is 5.06. The molecule has 1 aromatic carbocycles. The monoisotopic (exact) mass is 495 g/mol. The van der Waals surface area contributed by atoms with Gasteiger partial charge in [0.15, 0.2) is 0 Å². The lowest BCUT2D eigenvalue weighted by Gasteiger charge is -2.30. The van der Waals surface area contributed by atoms with Crippen molar-refractivity contribution < 1.29 is 9.47 Å². The van der Waals surface area contributed by atoms with Crippen molar-refractivity contribution in [3.63, 3.8) is 0 Å². The molecule has 0 unspecified atom stereocenters. The van der Waals surface area contributed by atoms with Gasteiger partial charge < -0.3 is 19.3 Å². The van der Waals surface area contributed by atoms with Crippen LogP contribution in [0.3, 0.4) is 0 Å². The van der Waals surface area contributed by atoms with Crippen LogP contribution in [0.5, 0.6) is 0 Å². The van der Waals surface area contributed by atoms with E-state index in [0.717, 1.165) is 31.7 Å². The fourth-order valence-corrected chi connectivity index (χ4v) is 3.29. The zero-order chi connectivity index (χ0) is 19.2. The van der Waals surface area contributed by atoms with Crippen LogP contribution in [0.15, 0.2) is 29.4 Å². The summed E-state index contributed by atoms with van der Waals surface area (Å²) in [5.41, 5.74) is 3.96. The van der Waals surface area contributed by atoms with Gasteiger partial charge in [0.25, 0.3) is 0 Å². The molecule has 0 radical (unpaired) electrons. The number of hydrogen-bond donors (Lipinski definition) is 1. The maximum Gasteiger partial charge on any atom is 0.250 e. The fraction of sp³-hybridized carbons (Fsp3) is 0.444. The van der Waals surface area contributed by atoms with E-state index in [1.54, 1.807) is 6.21 Å². The first-order valence-electron chi connectivity index (χ1n) is 9.24. The van der Waals surface area contributed by atoms with Crippen LogP contribution in [-0.2, 0) is 9.47 Å². The number of nitrogens with one attached hydrogen (secondary N) is 1. The molecular weight excluding hydrogens is 473 g/mol. The second-order valence-corrected chi connectivity index (χ2v) is 7.63. The van der Waals surface area contributed by atoms with Crippen LogP contribution in [0.25, 0.3) is 0 Å². The van der Waals surface area contributed by atoms with Crippen LogP contribution >= 0.6 is 22.6 Å². The molecule has 0 saturated carbocycles. The first-order valence-corrected chi connectivity index (χ1v) is 10.3. The number of ether oxygens (including phenoxy) is 2. The van der Waals surface area contributed by atoms with Gasteiger partial charge in [-0.1, -0.05) is 12.1 Å². The van der Waals surface area contributed by atoms with Crippen LogP contribution < -0.4 is 15.2 Å². The van der Waals surface area contributed by atoms with E-state index in [1.165, 1.54) is 3.57 Å². The summed E-state index contributed by atoms with van der Waals surface area (Å²) in [4.78, 5) is 18.0. The minimum Gasteiger partial charge on any atom is -0.378 e. The molecule has 1 aromatic heterocycles. The Hall–Kier alpha value is -2.05. The van der Waals surface area contributed by atoms with E-state index in [1.807, 2.05) is 24.3 Å². The van der Waals surface area contributed by atoms with Gasteiger partial charge in [-0.3, -0.25) is 0 Å². The second-order valence-electron chi connectivity index (χ2n) is 6.38. The maximum absolute atomic E-state index is 5.44. The molecule has 0 atom stereocenters. The minimum absolute atomic E-state index is 0.430. The standard InChI is InChI=1S/C18H22IN7O2/c19-15-3-1-14(2-4-15)13-20-24-16-21-17(25-5-9-27-10-6-25)23-18(22-16)26-7-11-28-12-8-26/h1-4,13H,5-12H2,(H,21,22,23,24)/b20-13-. The van der Waals surface area contributed by atoms with Gasteiger partial charge in [-0.05, 0) is 40.3 Å². The van der Waals surface area contributed by atoms with Gasteiger partial charge >= 0.3 is 0 Å². The number of anilines is 3. The largest absolute Gasteiger partial charge is 0.378 e. The molecule has 2 aromatic rings. The zero-order valence-corrected chi connectivity index (χ0v) is 17.6. The van der Waals surface area contributed by atoms with E-state index < -0.39 is 0 Å². The Morgan fingerprint density at radius 2 is 1.39 bits per heavy atom. The first-order chi connectivity index (χ1) is 13.8. The highest BCUT2D eigenvalue weighted by Gasteiger charge is 2.20. The van der Waals surface area contributed by atoms with Crippen molar-refractivity contribution in [2.75, 3.05) is 67.8 Å². The van der Waals surface area contributed by atoms with E-state index in [2.05, 4.69) is 57.9 Å². The molecule has 28 heavy (non-hydrogen) atoms. The molecule has 2 saturated heterocycles. The quantitative estimate of drug-likeness (QED) is 0.381. The number of benzene rings is 1. The third-order valence-corrected chi connectivity index (χ3v) is 5.17. The van der Waals surface area contributed by atoms with E-state index in [0.29, 0.717) is 44.3 Å². The van der Waals surface area contributed by atoms with Crippen LogP contribution in [0, 0.1) is 3.57 Å². The van der Waals surface area contributed by atoms with Crippen LogP contribution in [-0.4, -0.2) is 73.8 Å². The molecule has 0 bridgehead atoms. The van der Waals surface area contributed by atoms with Crippen molar-refractivity contribution in [3.8, 4) is 0 Å². The Labute approximate surface area is 177 Å². The number of morpholine rings is 2. The zero-order valence-electron chi connectivity index (χ0n) is 15.4. The third-order valence-electron chi connectivity index (χ3n) is 4.45. The summed E-state index contributed by atoms with van der Waals surface area (Å²) in [5, 5.41) is 4.30. The summed E-state index contributed by atoms with van der Waals surface area (Å²) in [7, 11) is 0. The normalized spacial score (nSPS) is 17.9. The lowest BCUT2D eigenvalue weighted by atomic mass is 10.2. The molecule has 9 nitrogen and oxygen atoms in total. The Bertz CT molecular complexity index is 770. The summed E-state index contributed by atoms with van der Waals surface area (Å²) < 4.78 is 12.1. The lowest BCUT2D eigenvalue weighted by Crippen LogP contribution is -2.40. The van der Waals surface area contributed by atoms with Crippen molar-refractivity contribution in [2.45, 2.75) is 0 Å². The molecule has 0 spiro atoms. The van der Waals surface area contributed by atoms with Gasteiger partial charge in [-0.25, -0.2) is 5.43 Å². The molecule has 0 amide bonds. The van der Waals surface area contributed by atoms with E-state index >= 15 is 0 Å². The molecule has 2 aliphatic heterocycles. The fourth-order valence-electron chi connectivity index (χ4n) is 2.93. The molecule has 2 aliphatic rings. The highest BCUT2D eigenvalue weighted by molar-refractivity contribution is 14.1. The first kappa shape index (κ1) is 19.3. The number of rotatable bonds is 5. The molecule has 2 fully saturated rings. The van der Waals surface area contributed by atoms with Crippen molar-refractivity contribution in [2.24, 2.45) is 5.10 Å². The minimum atomic E-state index is 0.430. The Morgan fingerprint density at radius 1 is 0.857 bits per heavy atom. The van der Waals surface area contributed by atoms with E-state index in [4.69, 9.17) is 9.47 Å². The van der Waals surface area contributed by atoms with Gasteiger partial charge in [0.2, 0.25) is 17.8 Å². The van der Waals surface area contributed by atoms with Gasteiger partial charge in [-0.15, -0.1) is 0 Å². The smallest absolute Gasteiger partial charge is 0.250 e. The van der Waals surface area contributed by atoms with E-state index in [-0.39, 0.29) is 0 Å². The number of aromatic nitrogens is 3. The molecule has 4 rings (SSSR count). The number of halogens is 1. The van der Waals surface area contributed by atoms with Crippen LogP contribution in [0.1, 0.15) is 5.56 Å². The predicted molar refractivity (Wildman–Crippen MR) is 116 cm³/mol. The van der Waals surface area contributed by atoms with Crippen molar-refractivity contribution in [3.05, 3.63) is 33.4 Å². The summed E-state index contributed by atoms with van der Waals surface area (Å²) in [6.45, 7) is 5.74. The summed E-state index contributed by atoms with van der Waals surface area (Å²) in [6.07, 6.45) is 1.75. The summed E-state index contributed by atoms with van der Waals surface area (Å²) in [6, 6.07) is 8.10. The van der Waals surface area contributed by atoms with Gasteiger partial charge in [0.05, 0.1) is 32.6 Å². The van der Waals surface area contributed by atoms with Crippen molar-refractivity contribution >= 4 is 46.7 Å². The molecule has 148 valence electrons. The molecular formula is C18H22IN7O2. The van der Waals surface area contributed by atoms with Gasteiger partial charge in [0, 0.05) is 29.7 Å². The molecule has 3 heterocycles. The summed E-state index contributed by atoms with van der Waals surface area (Å²) in [5.74, 6) is 1.72. The van der Waals surface area contributed by atoms with Crippen LogP contribution in [0.2, 0.25) is 0 Å². The molecule has 10 heteroatoms. The second kappa shape index (κ2) is 9.43. The SMILES string of the molecule is Ic1ccc(/C=N\Nc2nc(N3CCOCC3)nc(N3CCOCC3)n2)cc1. The number of hydrogen-bond acceptors (Lipinski definition) is 9. The Balaban J connectivity index is 1.54. The maximum atomic E-state index is 5.44. The Kier molecular flexibility index (Phi) is 6.49. The van der Waals surface area contributed by atoms with Gasteiger partial charge in [0.1, 0.15) is 0 Å². The van der Waals surface area contributed by atoms with E-state index in [9.17, 15) is 0 Å². The lowest BCUT2D eigenvalue weighted by molar-refractivity contribution is 0.121. The average Bonchev–Trinajstić information content (AvgIpc) is 2.76. The molecule has 0 aliphatic carbocycles. The van der Waals surface area contributed by atoms with Crippen molar-refractivity contribution in [1.82, 2.24) is 15.0 Å². The summed E-state index contributed by atoms with van der Waals surface area (Å²) >= 11 is 2.28. The van der Waals surface area contributed by atoms with Gasteiger partial charge in [-0.2, -0.15) is 20.1 Å². The number of hydrazone groups is 1. The highest BCUT2D eigenvalue weighted by Crippen LogP contribution is 2.18. The van der Waals surface area contributed by atoms with Crippen LogP contribution in [0.4, 0.5) is 17.8 Å². The average molecular weight is 495 g/mol. The predicted octanol–water partition coefficient (Wildman–Crippen LogP) is 1.60. The topological polar surface area (TPSA) is 88.0 Å². The molecule has 1 N–H and O–H groups in total. The van der Waals surface area contributed by atoms with Crippen molar-refractivity contribution in [1.29, 1.82) is 0 Å².